The molecule has 0 unspecified atom stereocenters. The van der Waals surface area contributed by atoms with E-state index in [2.05, 4.69) is 5.32 Å². The number of rotatable bonds is 6. The van der Waals surface area contributed by atoms with Crippen molar-refractivity contribution in [2.75, 3.05) is 16.8 Å². The van der Waals surface area contributed by atoms with Crippen LogP contribution in [0.15, 0.2) is 82.6 Å². The maximum absolute atomic E-state index is 12.6. The summed E-state index contributed by atoms with van der Waals surface area (Å²) in [6.45, 7) is 0. The summed E-state index contributed by atoms with van der Waals surface area (Å²) in [6, 6.07) is 16.7. The molecule has 11 nitrogen and oxygen atoms in total. The van der Waals surface area contributed by atoms with Crippen LogP contribution in [0.3, 0.4) is 0 Å². The fourth-order valence-corrected chi connectivity index (χ4v) is 4.92. The summed E-state index contributed by atoms with van der Waals surface area (Å²) in [6.07, 6.45) is 0. The molecule has 0 fully saturated rings. The Morgan fingerprint density at radius 2 is 1.36 bits per heavy atom. The third-order valence-corrected chi connectivity index (χ3v) is 7.05. The van der Waals surface area contributed by atoms with E-state index in [1.165, 1.54) is 36.4 Å². The fourth-order valence-electron chi connectivity index (χ4n) is 3.59. The molecule has 186 valence electrons. The molecule has 36 heavy (non-hydrogen) atoms. The van der Waals surface area contributed by atoms with Gasteiger partial charge in [0.15, 0.2) is 0 Å². The maximum atomic E-state index is 12.6. The summed E-state index contributed by atoms with van der Waals surface area (Å²) in [4.78, 5) is 11.6. The van der Waals surface area contributed by atoms with E-state index in [4.69, 9.17) is 16.2 Å². The van der Waals surface area contributed by atoms with Crippen LogP contribution in [-0.2, 0) is 20.2 Å². The Balaban J connectivity index is 1.92. The summed E-state index contributed by atoms with van der Waals surface area (Å²) in [5.74, 6) is -0.876. The monoisotopic (exact) mass is 529 g/mol. The summed E-state index contributed by atoms with van der Waals surface area (Å²) in [7, 11) is -9.40. The van der Waals surface area contributed by atoms with Crippen molar-refractivity contribution >= 4 is 59.7 Å². The normalized spacial score (nSPS) is 11.8. The third kappa shape index (κ3) is 4.81. The molecule has 0 saturated heterocycles. The van der Waals surface area contributed by atoms with Gasteiger partial charge in [0.05, 0.1) is 33.7 Å². The number of carbonyl (C=O) groups excluding carboxylic acids is 1. The molecule has 4 aromatic rings. The second kappa shape index (κ2) is 9.13. The van der Waals surface area contributed by atoms with Crippen LogP contribution in [0.5, 0.6) is 5.75 Å². The van der Waals surface area contributed by atoms with Crippen molar-refractivity contribution in [3.05, 3.63) is 78.4 Å². The SMILES string of the molecule is Nc1c(Nc2ccccc2S(=O)(=O)O)cc2c(S(=O)(=O)O)ccc(OC(=O)c3ccccc3)c2c1N. The lowest BCUT2D eigenvalue weighted by Gasteiger charge is -2.18. The molecule has 0 heterocycles. The molecular formula is C23H19N3O8S2. The molecule has 4 rings (SSSR count). The number of hydrogen-bond donors (Lipinski definition) is 5. The van der Waals surface area contributed by atoms with Gasteiger partial charge in [-0.3, -0.25) is 9.11 Å². The van der Waals surface area contributed by atoms with Crippen LogP contribution < -0.4 is 21.5 Å². The van der Waals surface area contributed by atoms with Crippen LogP contribution in [0.25, 0.3) is 10.8 Å². The van der Waals surface area contributed by atoms with E-state index in [0.29, 0.717) is 0 Å². The van der Waals surface area contributed by atoms with E-state index in [-0.39, 0.29) is 44.8 Å². The molecule has 0 spiro atoms. The van der Waals surface area contributed by atoms with Crippen LogP contribution in [0.2, 0.25) is 0 Å². The first-order chi connectivity index (χ1) is 16.9. The molecule has 0 aromatic heterocycles. The number of hydrogen-bond acceptors (Lipinski definition) is 9. The van der Waals surface area contributed by atoms with Crippen LogP contribution >= 0.6 is 0 Å². The predicted molar refractivity (Wildman–Crippen MR) is 134 cm³/mol. The maximum Gasteiger partial charge on any atom is 0.343 e. The number of anilines is 4. The van der Waals surface area contributed by atoms with E-state index >= 15 is 0 Å². The van der Waals surface area contributed by atoms with Gasteiger partial charge in [0.1, 0.15) is 15.5 Å². The van der Waals surface area contributed by atoms with Crippen molar-refractivity contribution in [1.82, 2.24) is 0 Å². The van der Waals surface area contributed by atoms with E-state index in [0.717, 1.165) is 18.2 Å². The highest BCUT2D eigenvalue weighted by Gasteiger charge is 2.24. The molecule has 4 aromatic carbocycles. The molecule has 0 bridgehead atoms. The standard InChI is InChI=1S/C23H19N3O8S2/c24-21-16(26-15-8-4-5-9-19(15)36(31,32)33)12-14-18(35(28,29)30)11-10-17(20(14)22(21)25)34-23(27)13-6-2-1-3-7-13/h1-12,26H,24-25H2,(H,28,29,30)(H,31,32,33). The van der Waals surface area contributed by atoms with Crippen LogP contribution in [-0.4, -0.2) is 31.9 Å². The Hall–Kier alpha value is -4.17. The Kier molecular flexibility index (Phi) is 6.32. The number of para-hydroxylation sites is 1. The Morgan fingerprint density at radius 3 is 2.00 bits per heavy atom. The number of ether oxygens (including phenoxy) is 1. The minimum Gasteiger partial charge on any atom is -0.422 e. The summed E-state index contributed by atoms with van der Waals surface area (Å²) in [5, 5.41) is 2.49. The van der Waals surface area contributed by atoms with Crippen molar-refractivity contribution in [3.8, 4) is 5.75 Å². The zero-order valence-corrected chi connectivity index (χ0v) is 19.9. The van der Waals surface area contributed by atoms with Gasteiger partial charge >= 0.3 is 5.97 Å². The number of nitrogen functional groups attached to an aromatic ring is 2. The molecule has 0 aliphatic carbocycles. The van der Waals surface area contributed by atoms with E-state index < -0.39 is 36.0 Å². The number of nitrogens with two attached hydrogens (primary N) is 2. The van der Waals surface area contributed by atoms with Gasteiger partial charge in [-0.1, -0.05) is 30.3 Å². The second-order valence-corrected chi connectivity index (χ2v) is 10.3. The number of nitrogens with one attached hydrogen (secondary N) is 1. The lowest BCUT2D eigenvalue weighted by Crippen LogP contribution is -2.11. The highest BCUT2D eigenvalue weighted by molar-refractivity contribution is 7.86. The van der Waals surface area contributed by atoms with Gasteiger partial charge in [-0.15, -0.1) is 0 Å². The molecule has 13 heteroatoms. The van der Waals surface area contributed by atoms with Crippen LogP contribution in [0.4, 0.5) is 22.7 Å². The van der Waals surface area contributed by atoms with Gasteiger partial charge in [-0.2, -0.15) is 16.8 Å². The first-order valence-electron chi connectivity index (χ1n) is 10.1. The quantitative estimate of drug-likeness (QED) is 0.106. The molecular weight excluding hydrogens is 510 g/mol. The molecule has 0 aliphatic heterocycles. The molecule has 7 N–H and O–H groups in total. The highest BCUT2D eigenvalue weighted by Crippen LogP contribution is 2.43. The Labute approximate surface area is 205 Å². The third-order valence-electron chi connectivity index (χ3n) is 5.23. The minimum absolute atomic E-state index is 0.0347. The molecule has 0 saturated carbocycles. The van der Waals surface area contributed by atoms with Crippen molar-refractivity contribution in [2.24, 2.45) is 0 Å². The molecule has 0 atom stereocenters. The van der Waals surface area contributed by atoms with Gasteiger partial charge in [0.2, 0.25) is 0 Å². The summed E-state index contributed by atoms with van der Waals surface area (Å²) < 4.78 is 72.5. The van der Waals surface area contributed by atoms with E-state index in [1.54, 1.807) is 18.2 Å². The highest BCUT2D eigenvalue weighted by atomic mass is 32.2. The van der Waals surface area contributed by atoms with Gasteiger partial charge in [-0.05, 0) is 42.5 Å². The van der Waals surface area contributed by atoms with E-state index in [1.807, 2.05) is 0 Å². The molecule has 0 amide bonds. The van der Waals surface area contributed by atoms with Crippen molar-refractivity contribution < 1.29 is 35.5 Å². The first kappa shape index (κ1) is 24.9. The number of carbonyl (C=O) groups is 1. The van der Waals surface area contributed by atoms with Gasteiger partial charge in [0.25, 0.3) is 20.2 Å². The second-order valence-electron chi connectivity index (χ2n) is 7.56. The fraction of sp³-hybridized carbons (Fsp3) is 0. The average molecular weight is 530 g/mol. The zero-order chi connectivity index (χ0) is 26.3. The van der Waals surface area contributed by atoms with Gasteiger partial charge in [0, 0.05) is 5.39 Å². The number of benzene rings is 4. The van der Waals surface area contributed by atoms with Gasteiger partial charge < -0.3 is 21.5 Å². The summed E-state index contributed by atoms with van der Waals surface area (Å²) in [5.41, 5.74) is 12.2. The summed E-state index contributed by atoms with van der Waals surface area (Å²) >= 11 is 0. The first-order valence-corrected chi connectivity index (χ1v) is 13.0. The van der Waals surface area contributed by atoms with Crippen molar-refractivity contribution in [1.29, 1.82) is 0 Å². The van der Waals surface area contributed by atoms with Crippen LogP contribution in [0.1, 0.15) is 10.4 Å². The predicted octanol–water partition coefficient (Wildman–Crippen LogP) is 3.46. The van der Waals surface area contributed by atoms with Crippen molar-refractivity contribution in [2.45, 2.75) is 9.79 Å². The zero-order valence-electron chi connectivity index (χ0n) is 18.2. The topological polar surface area (TPSA) is 199 Å². The molecule has 0 aliphatic rings. The Morgan fingerprint density at radius 1 is 0.750 bits per heavy atom. The Bertz CT molecular complexity index is 1720. The largest absolute Gasteiger partial charge is 0.422 e. The number of fused-ring (bicyclic) bond motifs is 1. The smallest absolute Gasteiger partial charge is 0.343 e. The molecule has 0 radical (unpaired) electrons. The average Bonchev–Trinajstić information content (AvgIpc) is 2.81. The van der Waals surface area contributed by atoms with Crippen molar-refractivity contribution in [3.63, 3.8) is 0 Å². The van der Waals surface area contributed by atoms with Crippen LogP contribution in [0, 0.1) is 0 Å². The number of esters is 1. The lowest BCUT2D eigenvalue weighted by molar-refractivity contribution is 0.0737. The lowest BCUT2D eigenvalue weighted by atomic mass is 10.0. The van der Waals surface area contributed by atoms with Gasteiger partial charge in [-0.25, -0.2) is 4.79 Å². The van der Waals surface area contributed by atoms with E-state index in [9.17, 15) is 30.7 Å². The minimum atomic E-state index is -4.78.